The molecule has 1 aromatic carbocycles. The molecule has 104 valence electrons. The van der Waals surface area contributed by atoms with Gasteiger partial charge in [-0.25, -0.2) is 4.79 Å². The van der Waals surface area contributed by atoms with Crippen molar-refractivity contribution in [2.75, 3.05) is 6.61 Å². The fourth-order valence-electron chi connectivity index (χ4n) is 1.87. The molecule has 0 saturated heterocycles. The van der Waals surface area contributed by atoms with Gasteiger partial charge >= 0.3 is 5.97 Å². The lowest BCUT2D eigenvalue weighted by Crippen LogP contribution is -2.12. The van der Waals surface area contributed by atoms with Crippen LogP contribution in [0.5, 0.6) is 0 Å². The summed E-state index contributed by atoms with van der Waals surface area (Å²) < 4.78 is 4.85. The lowest BCUT2D eigenvalue weighted by molar-refractivity contribution is -0.144. The molecule has 2 rings (SSSR count). The Labute approximate surface area is 121 Å². The van der Waals surface area contributed by atoms with E-state index in [1.807, 2.05) is 36.4 Å². The first-order valence-electron chi connectivity index (χ1n) is 6.36. The molecule has 1 heterocycles. The average Bonchev–Trinajstić information content (AvgIpc) is 2.89. The third-order valence-electron chi connectivity index (χ3n) is 2.79. The first kappa shape index (κ1) is 14.4. The van der Waals surface area contributed by atoms with Crippen LogP contribution in [0.25, 0.3) is 0 Å². The number of ether oxygens (including phenoxy) is 1. The minimum absolute atomic E-state index is 0.243. The highest BCUT2D eigenvalue weighted by molar-refractivity contribution is 7.12. The summed E-state index contributed by atoms with van der Waals surface area (Å²) in [6, 6.07) is 12.7. The summed E-state index contributed by atoms with van der Waals surface area (Å²) in [5, 5.41) is 2.88. The summed E-state index contributed by atoms with van der Waals surface area (Å²) in [7, 11) is 0. The molecule has 0 aliphatic rings. The van der Waals surface area contributed by atoms with E-state index in [0.29, 0.717) is 4.88 Å². The van der Waals surface area contributed by atoms with Crippen molar-refractivity contribution >= 4 is 17.3 Å². The number of rotatable bonds is 6. The molecule has 0 spiro atoms. The molecule has 0 N–H and O–H groups in total. The van der Waals surface area contributed by atoms with E-state index in [0.717, 1.165) is 11.3 Å². The van der Waals surface area contributed by atoms with Crippen LogP contribution >= 0.6 is 11.3 Å². The van der Waals surface area contributed by atoms with Gasteiger partial charge in [-0.15, -0.1) is 16.2 Å². The Morgan fingerprint density at radius 3 is 2.65 bits per heavy atom. The number of nitroso groups, excluding NO2 is 1. The van der Waals surface area contributed by atoms with E-state index < -0.39 is 12.0 Å². The van der Waals surface area contributed by atoms with E-state index in [4.69, 9.17) is 4.74 Å². The summed E-state index contributed by atoms with van der Waals surface area (Å²) >= 11 is 1.42. The second-order valence-corrected chi connectivity index (χ2v) is 5.43. The Morgan fingerprint density at radius 1 is 1.25 bits per heavy atom. The van der Waals surface area contributed by atoms with Crippen molar-refractivity contribution in [3.05, 3.63) is 62.7 Å². The van der Waals surface area contributed by atoms with Crippen LogP contribution < -0.4 is 0 Å². The van der Waals surface area contributed by atoms with Crippen molar-refractivity contribution in [2.24, 2.45) is 5.18 Å². The van der Waals surface area contributed by atoms with Crippen molar-refractivity contribution in [3.63, 3.8) is 0 Å². The number of carbonyl (C=O) groups excluding carboxylic acids is 1. The van der Waals surface area contributed by atoms with Crippen LogP contribution in [-0.4, -0.2) is 12.6 Å². The van der Waals surface area contributed by atoms with Gasteiger partial charge in [-0.2, -0.15) is 0 Å². The van der Waals surface area contributed by atoms with Crippen LogP contribution in [0.1, 0.15) is 28.3 Å². The normalized spacial score (nSPS) is 11.8. The molecule has 1 aromatic heterocycles. The van der Waals surface area contributed by atoms with Crippen molar-refractivity contribution in [1.29, 1.82) is 0 Å². The zero-order valence-corrected chi connectivity index (χ0v) is 11.9. The van der Waals surface area contributed by atoms with Crippen molar-refractivity contribution in [1.82, 2.24) is 0 Å². The summed E-state index contributed by atoms with van der Waals surface area (Å²) in [5.74, 6) is -0.587. The molecular formula is C15H15NO3S. The summed E-state index contributed by atoms with van der Waals surface area (Å²) in [4.78, 5) is 24.2. The predicted octanol–water partition coefficient (Wildman–Crippen LogP) is 3.71. The third-order valence-corrected chi connectivity index (χ3v) is 3.93. The second kappa shape index (κ2) is 6.96. The Balaban J connectivity index is 2.11. The van der Waals surface area contributed by atoms with Crippen molar-refractivity contribution in [3.8, 4) is 0 Å². The minimum Gasteiger partial charge on any atom is -0.464 e. The third kappa shape index (κ3) is 3.51. The fraction of sp³-hybridized carbons (Fsp3) is 0.267. The number of hydrogen-bond donors (Lipinski definition) is 0. The zero-order chi connectivity index (χ0) is 14.4. The highest BCUT2D eigenvalue weighted by atomic mass is 32.1. The largest absolute Gasteiger partial charge is 0.464 e. The molecule has 0 aliphatic heterocycles. The molecule has 1 atom stereocenters. The molecule has 0 fully saturated rings. The van der Waals surface area contributed by atoms with Gasteiger partial charge in [0.05, 0.1) is 6.61 Å². The van der Waals surface area contributed by atoms with E-state index in [1.165, 1.54) is 16.9 Å². The molecule has 1 unspecified atom stereocenters. The zero-order valence-electron chi connectivity index (χ0n) is 11.1. The topological polar surface area (TPSA) is 55.7 Å². The summed E-state index contributed by atoms with van der Waals surface area (Å²) in [5.41, 5.74) is 1.19. The van der Waals surface area contributed by atoms with Crippen LogP contribution in [0.3, 0.4) is 0 Å². The molecule has 0 bridgehead atoms. The second-order valence-electron chi connectivity index (χ2n) is 4.23. The van der Waals surface area contributed by atoms with Gasteiger partial charge in [0.15, 0.2) is 0 Å². The number of esters is 1. The van der Waals surface area contributed by atoms with Gasteiger partial charge in [0.25, 0.3) is 0 Å². The number of carbonyl (C=O) groups is 1. The lowest BCUT2D eigenvalue weighted by atomic mass is 10.1. The predicted molar refractivity (Wildman–Crippen MR) is 78.7 cm³/mol. The van der Waals surface area contributed by atoms with E-state index in [9.17, 15) is 9.70 Å². The standard InChI is InChI=1S/C15H15NO3S/c1-2-19-15(17)14(16-18)13-9-8-12(20-13)10-11-6-4-3-5-7-11/h3-9,14H,2,10H2,1H3. The maximum atomic E-state index is 11.6. The Hall–Kier alpha value is -2.01. The molecule has 5 heteroatoms. The maximum Gasteiger partial charge on any atom is 0.340 e. The minimum atomic E-state index is -1.05. The first-order chi connectivity index (χ1) is 9.74. The molecule has 0 saturated carbocycles. The van der Waals surface area contributed by atoms with Gasteiger partial charge < -0.3 is 4.74 Å². The lowest BCUT2D eigenvalue weighted by Gasteiger charge is -2.05. The SMILES string of the molecule is CCOC(=O)C(N=O)c1ccc(Cc2ccccc2)s1. The molecule has 20 heavy (non-hydrogen) atoms. The van der Waals surface area contributed by atoms with Crippen LogP contribution in [-0.2, 0) is 16.0 Å². The van der Waals surface area contributed by atoms with Crippen molar-refractivity contribution in [2.45, 2.75) is 19.4 Å². The van der Waals surface area contributed by atoms with Gasteiger partial charge in [-0.3, -0.25) is 0 Å². The number of nitrogens with zero attached hydrogens (tertiary/aromatic N) is 1. The van der Waals surface area contributed by atoms with Crippen LogP contribution in [0.4, 0.5) is 0 Å². The van der Waals surface area contributed by atoms with E-state index >= 15 is 0 Å². The summed E-state index contributed by atoms with van der Waals surface area (Å²) in [6.45, 7) is 1.95. The van der Waals surface area contributed by atoms with Crippen LogP contribution in [0.2, 0.25) is 0 Å². The molecule has 4 nitrogen and oxygen atoms in total. The Kier molecular flexibility index (Phi) is 5.01. The Morgan fingerprint density at radius 2 is 2.00 bits per heavy atom. The van der Waals surface area contributed by atoms with E-state index in [2.05, 4.69) is 5.18 Å². The van der Waals surface area contributed by atoms with E-state index in [1.54, 1.807) is 13.0 Å². The fourth-order valence-corrected chi connectivity index (χ4v) is 2.93. The monoisotopic (exact) mass is 289 g/mol. The van der Waals surface area contributed by atoms with Crippen LogP contribution in [0, 0.1) is 4.91 Å². The van der Waals surface area contributed by atoms with Crippen molar-refractivity contribution < 1.29 is 9.53 Å². The number of benzene rings is 1. The molecule has 0 amide bonds. The van der Waals surface area contributed by atoms with Gasteiger partial charge in [-0.1, -0.05) is 30.3 Å². The van der Waals surface area contributed by atoms with Gasteiger partial charge in [0, 0.05) is 16.2 Å². The maximum absolute atomic E-state index is 11.6. The average molecular weight is 289 g/mol. The number of thiophene rings is 1. The first-order valence-corrected chi connectivity index (χ1v) is 7.18. The molecule has 2 aromatic rings. The molecule has 0 aliphatic carbocycles. The van der Waals surface area contributed by atoms with E-state index in [-0.39, 0.29) is 6.61 Å². The molecule has 0 radical (unpaired) electrons. The molecular weight excluding hydrogens is 274 g/mol. The summed E-state index contributed by atoms with van der Waals surface area (Å²) in [6.07, 6.45) is 0.778. The van der Waals surface area contributed by atoms with Gasteiger partial charge in [-0.05, 0) is 29.8 Å². The Bertz CT molecular complexity index is 580. The highest BCUT2D eigenvalue weighted by Gasteiger charge is 2.24. The highest BCUT2D eigenvalue weighted by Crippen LogP contribution is 2.28. The van der Waals surface area contributed by atoms with Gasteiger partial charge in [0.2, 0.25) is 6.04 Å². The van der Waals surface area contributed by atoms with Gasteiger partial charge in [0.1, 0.15) is 0 Å². The quantitative estimate of drug-likeness (QED) is 0.601. The smallest absolute Gasteiger partial charge is 0.340 e. The number of hydrogen-bond acceptors (Lipinski definition) is 5. The van der Waals surface area contributed by atoms with Crippen LogP contribution in [0.15, 0.2) is 47.6 Å².